The van der Waals surface area contributed by atoms with E-state index in [-0.39, 0.29) is 18.2 Å². The van der Waals surface area contributed by atoms with Gasteiger partial charge in [0, 0.05) is 24.8 Å². The van der Waals surface area contributed by atoms with Crippen molar-refractivity contribution in [2.75, 3.05) is 26.2 Å². The van der Waals surface area contributed by atoms with Gasteiger partial charge < -0.3 is 5.32 Å². The minimum Gasteiger partial charge on any atom is -0.317 e. The van der Waals surface area contributed by atoms with E-state index in [0.717, 1.165) is 25.3 Å². The largest absolute Gasteiger partial charge is 0.317 e. The van der Waals surface area contributed by atoms with Gasteiger partial charge in [0.2, 0.25) is 0 Å². The number of rotatable bonds is 3. The van der Waals surface area contributed by atoms with E-state index >= 15 is 0 Å². The summed E-state index contributed by atoms with van der Waals surface area (Å²) in [6.07, 6.45) is 7.91. The molecule has 0 aliphatic carbocycles. The van der Waals surface area contributed by atoms with Crippen molar-refractivity contribution in [3.05, 3.63) is 48.0 Å². The van der Waals surface area contributed by atoms with Gasteiger partial charge in [-0.3, -0.25) is 4.90 Å². The van der Waals surface area contributed by atoms with Crippen LogP contribution < -0.4 is 5.32 Å². The summed E-state index contributed by atoms with van der Waals surface area (Å²) in [5.41, 5.74) is 2.66. The van der Waals surface area contributed by atoms with Crippen molar-refractivity contribution in [1.82, 2.24) is 20.0 Å². The van der Waals surface area contributed by atoms with E-state index < -0.39 is 0 Å². The summed E-state index contributed by atoms with van der Waals surface area (Å²) in [7, 11) is 0. The predicted molar refractivity (Wildman–Crippen MR) is 95.2 cm³/mol. The third kappa shape index (κ3) is 3.63. The Morgan fingerprint density at radius 3 is 2.62 bits per heavy atom. The number of nitrogens with one attached hydrogen (secondary N) is 1. The number of halogens is 2. The van der Waals surface area contributed by atoms with Crippen LogP contribution in [-0.2, 0) is 6.54 Å². The molecule has 2 saturated heterocycles. The van der Waals surface area contributed by atoms with Crippen LogP contribution in [0.15, 0.2) is 36.7 Å². The maximum atomic E-state index is 13.0. The number of hydrogen-bond acceptors (Lipinski definition) is 3. The molecule has 2 aromatic rings. The molecule has 0 amide bonds. The van der Waals surface area contributed by atoms with Gasteiger partial charge in [-0.2, -0.15) is 5.10 Å². The minimum atomic E-state index is -0.217. The second-order valence-corrected chi connectivity index (χ2v) is 6.98. The molecule has 0 bridgehead atoms. The van der Waals surface area contributed by atoms with E-state index in [1.165, 1.54) is 50.0 Å². The van der Waals surface area contributed by atoms with E-state index in [1.54, 1.807) is 12.1 Å². The first kappa shape index (κ1) is 17.4. The van der Waals surface area contributed by atoms with Gasteiger partial charge in [-0.25, -0.2) is 9.07 Å². The standard InChI is InChI=1S/C18H23FN4.ClH/c19-16-1-3-17(4-2-16)23-13-15(11-21-23)12-22-10-7-18(14-22)5-8-20-9-6-18;/h1-4,11,13,20H,5-10,12,14H2;1H. The van der Waals surface area contributed by atoms with Crippen molar-refractivity contribution >= 4 is 12.4 Å². The summed E-state index contributed by atoms with van der Waals surface area (Å²) in [4.78, 5) is 2.55. The van der Waals surface area contributed by atoms with Crippen LogP contribution in [0.3, 0.4) is 0 Å². The zero-order valence-electron chi connectivity index (χ0n) is 13.7. The van der Waals surface area contributed by atoms with E-state index in [4.69, 9.17) is 0 Å². The summed E-state index contributed by atoms with van der Waals surface area (Å²) in [5, 5.41) is 7.89. The van der Waals surface area contributed by atoms with Crippen LogP contribution in [-0.4, -0.2) is 40.9 Å². The second kappa shape index (κ2) is 7.21. The van der Waals surface area contributed by atoms with Crippen molar-refractivity contribution in [3.8, 4) is 5.69 Å². The Kier molecular flexibility index (Phi) is 5.23. The lowest BCUT2D eigenvalue weighted by atomic mass is 9.78. The van der Waals surface area contributed by atoms with Crippen molar-refractivity contribution in [2.24, 2.45) is 5.41 Å². The molecule has 1 aromatic heterocycles. The van der Waals surface area contributed by atoms with Crippen LogP contribution in [0.2, 0.25) is 0 Å². The number of benzene rings is 1. The lowest BCUT2D eigenvalue weighted by Crippen LogP contribution is -2.38. The van der Waals surface area contributed by atoms with Crippen LogP contribution in [0.4, 0.5) is 4.39 Å². The first-order chi connectivity index (χ1) is 11.2. The Morgan fingerprint density at radius 1 is 1.12 bits per heavy atom. The molecule has 130 valence electrons. The van der Waals surface area contributed by atoms with Crippen molar-refractivity contribution in [1.29, 1.82) is 0 Å². The van der Waals surface area contributed by atoms with Crippen LogP contribution in [0.25, 0.3) is 5.69 Å². The Labute approximate surface area is 148 Å². The van der Waals surface area contributed by atoms with Crippen molar-refractivity contribution in [3.63, 3.8) is 0 Å². The maximum absolute atomic E-state index is 13.0. The number of hydrogen-bond donors (Lipinski definition) is 1. The highest BCUT2D eigenvalue weighted by atomic mass is 35.5. The molecule has 4 nitrogen and oxygen atoms in total. The lowest BCUT2D eigenvalue weighted by Gasteiger charge is -2.33. The molecule has 4 rings (SSSR count). The van der Waals surface area contributed by atoms with Gasteiger partial charge in [0.05, 0.1) is 11.9 Å². The van der Waals surface area contributed by atoms with Gasteiger partial charge in [0.25, 0.3) is 0 Å². The molecular formula is C18H24ClFN4. The first-order valence-electron chi connectivity index (χ1n) is 8.45. The third-order valence-corrected chi connectivity index (χ3v) is 5.32. The van der Waals surface area contributed by atoms with Crippen LogP contribution in [0.5, 0.6) is 0 Å². The van der Waals surface area contributed by atoms with E-state index in [1.807, 2.05) is 10.9 Å². The molecule has 0 atom stereocenters. The summed E-state index contributed by atoms with van der Waals surface area (Å²) >= 11 is 0. The fourth-order valence-electron chi connectivity index (χ4n) is 3.96. The highest BCUT2D eigenvalue weighted by Gasteiger charge is 2.38. The van der Waals surface area contributed by atoms with E-state index in [9.17, 15) is 4.39 Å². The second-order valence-electron chi connectivity index (χ2n) is 6.98. The number of piperidine rings is 1. The van der Waals surface area contributed by atoms with Crippen LogP contribution >= 0.6 is 12.4 Å². The van der Waals surface area contributed by atoms with E-state index in [0.29, 0.717) is 5.41 Å². The topological polar surface area (TPSA) is 33.1 Å². The van der Waals surface area contributed by atoms with Gasteiger partial charge in [-0.05, 0) is 68.6 Å². The Balaban J connectivity index is 0.00000169. The fraction of sp³-hybridized carbons (Fsp3) is 0.500. The normalized spacial score (nSPS) is 20.2. The molecule has 1 aromatic carbocycles. The Hall–Kier alpha value is -1.43. The van der Waals surface area contributed by atoms with Crippen LogP contribution in [0, 0.1) is 11.2 Å². The highest BCUT2D eigenvalue weighted by Crippen LogP contribution is 2.38. The molecule has 1 N–H and O–H groups in total. The summed E-state index contributed by atoms with van der Waals surface area (Å²) in [6, 6.07) is 6.45. The molecule has 1 spiro atoms. The summed E-state index contributed by atoms with van der Waals surface area (Å²) in [6.45, 7) is 5.67. The van der Waals surface area contributed by atoms with Crippen LogP contribution in [0.1, 0.15) is 24.8 Å². The monoisotopic (exact) mass is 350 g/mol. The molecule has 0 saturated carbocycles. The molecule has 0 radical (unpaired) electrons. The number of aromatic nitrogens is 2. The van der Waals surface area contributed by atoms with Gasteiger partial charge in [0.1, 0.15) is 5.82 Å². The molecule has 2 aliphatic rings. The lowest BCUT2D eigenvalue weighted by molar-refractivity contribution is 0.194. The van der Waals surface area contributed by atoms with Gasteiger partial charge in [-0.1, -0.05) is 0 Å². The van der Waals surface area contributed by atoms with Crippen molar-refractivity contribution in [2.45, 2.75) is 25.8 Å². The third-order valence-electron chi connectivity index (χ3n) is 5.32. The Morgan fingerprint density at radius 2 is 1.88 bits per heavy atom. The molecular weight excluding hydrogens is 327 g/mol. The molecule has 3 heterocycles. The number of likely N-dealkylation sites (tertiary alicyclic amines) is 1. The SMILES string of the molecule is Cl.Fc1ccc(-n2cc(CN3CCC4(CCNCC4)C3)cn2)cc1. The highest BCUT2D eigenvalue weighted by molar-refractivity contribution is 5.85. The van der Waals surface area contributed by atoms with Gasteiger partial charge in [0.15, 0.2) is 0 Å². The average Bonchev–Trinajstić information content (AvgIpc) is 3.17. The molecule has 2 fully saturated rings. The molecule has 6 heteroatoms. The maximum Gasteiger partial charge on any atom is 0.123 e. The Bertz CT molecular complexity index is 664. The first-order valence-corrected chi connectivity index (χ1v) is 8.45. The minimum absolute atomic E-state index is 0. The molecule has 0 unspecified atom stereocenters. The predicted octanol–water partition coefficient (Wildman–Crippen LogP) is 3.01. The smallest absolute Gasteiger partial charge is 0.123 e. The van der Waals surface area contributed by atoms with Crippen molar-refractivity contribution < 1.29 is 4.39 Å². The molecule has 2 aliphatic heterocycles. The summed E-state index contributed by atoms with van der Waals surface area (Å²) in [5.74, 6) is -0.217. The zero-order chi connectivity index (χ0) is 15.7. The molecule has 24 heavy (non-hydrogen) atoms. The number of nitrogens with zero attached hydrogens (tertiary/aromatic N) is 3. The van der Waals surface area contributed by atoms with Gasteiger partial charge >= 0.3 is 0 Å². The van der Waals surface area contributed by atoms with Gasteiger partial charge in [-0.15, -0.1) is 12.4 Å². The van der Waals surface area contributed by atoms with E-state index in [2.05, 4.69) is 21.5 Å². The zero-order valence-corrected chi connectivity index (χ0v) is 14.6. The quantitative estimate of drug-likeness (QED) is 0.923. The average molecular weight is 351 g/mol. The fourth-order valence-corrected chi connectivity index (χ4v) is 3.96. The summed E-state index contributed by atoms with van der Waals surface area (Å²) < 4.78 is 14.8.